The summed E-state index contributed by atoms with van der Waals surface area (Å²) in [7, 11) is 3.95. The fourth-order valence-electron chi connectivity index (χ4n) is 1.90. The Kier molecular flexibility index (Phi) is 5.10. The number of nitrogens with one attached hydrogen (secondary N) is 1. The highest BCUT2D eigenvalue weighted by atomic mass is 16.5. The molecule has 0 saturated heterocycles. The fourth-order valence-corrected chi connectivity index (χ4v) is 1.90. The van der Waals surface area contributed by atoms with Gasteiger partial charge in [-0.3, -0.25) is 4.90 Å². The van der Waals surface area contributed by atoms with E-state index in [0.717, 1.165) is 49.6 Å². The predicted octanol–water partition coefficient (Wildman–Crippen LogP) is 1.69. The van der Waals surface area contributed by atoms with Crippen molar-refractivity contribution in [3.05, 3.63) is 17.6 Å². The van der Waals surface area contributed by atoms with Crippen LogP contribution in [0.5, 0.6) is 0 Å². The van der Waals surface area contributed by atoms with Crippen LogP contribution in [-0.4, -0.2) is 48.7 Å². The second-order valence-electron chi connectivity index (χ2n) is 5.32. The molecule has 0 radical (unpaired) electrons. The van der Waals surface area contributed by atoms with Crippen LogP contribution in [0.2, 0.25) is 0 Å². The van der Waals surface area contributed by atoms with Crippen molar-refractivity contribution in [3.8, 4) is 0 Å². The highest BCUT2D eigenvalue weighted by Crippen LogP contribution is 2.28. The second-order valence-corrected chi connectivity index (χ2v) is 5.32. The van der Waals surface area contributed by atoms with Gasteiger partial charge in [0.05, 0.1) is 13.2 Å². The maximum absolute atomic E-state index is 5.64. The van der Waals surface area contributed by atoms with E-state index in [1.807, 2.05) is 20.0 Å². The number of ether oxygens (including phenoxy) is 1. The monoisotopic (exact) mass is 264 g/mol. The quantitative estimate of drug-likeness (QED) is 0.724. The van der Waals surface area contributed by atoms with Crippen molar-refractivity contribution in [1.82, 2.24) is 14.9 Å². The van der Waals surface area contributed by atoms with Gasteiger partial charge in [-0.15, -0.1) is 0 Å². The van der Waals surface area contributed by atoms with Crippen LogP contribution in [0.25, 0.3) is 0 Å². The Labute approximate surface area is 115 Å². The van der Waals surface area contributed by atoms with Gasteiger partial charge in [0.15, 0.2) is 0 Å². The normalized spacial score (nSPS) is 14.9. The molecule has 1 fully saturated rings. The van der Waals surface area contributed by atoms with E-state index in [-0.39, 0.29) is 0 Å². The van der Waals surface area contributed by atoms with Crippen molar-refractivity contribution in [3.63, 3.8) is 0 Å². The van der Waals surface area contributed by atoms with Crippen molar-refractivity contribution >= 4 is 5.82 Å². The van der Waals surface area contributed by atoms with Gasteiger partial charge in [-0.2, -0.15) is 0 Å². The largest absolute Gasteiger partial charge is 0.380 e. The predicted molar refractivity (Wildman–Crippen MR) is 76.2 cm³/mol. The first-order valence-corrected chi connectivity index (χ1v) is 6.96. The van der Waals surface area contributed by atoms with E-state index < -0.39 is 0 Å². The molecule has 1 heterocycles. The third kappa shape index (κ3) is 5.12. The molecule has 19 heavy (non-hydrogen) atoms. The summed E-state index contributed by atoms with van der Waals surface area (Å²) in [5, 5.41) is 3.06. The van der Waals surface area contributed by atoms with Crippen LogP contribution in [0, 0.1) is 12.8 Å². The SMILES string of the molecule is CNc1cc(C)nc(CN(C)CCOCC2CC2)n1. The van der Waals surface area contributed by atoms with Gasteiger partial charge in [-0.05, 0) is 32.7 Å². The van der Waals surface area contributed by atoms with Crippen LogP contribution < -0.4 is 5.32 Å². The highest BCUT2D eigenvalue weighted by molar-refractivity contribution is 5.34. The molecule has 1 aliphatic carbocycles. The van der Waals surface area contributed by atoms with E-state index in [2.05, 4.69) is 27.2 Å². The lowest BCUT2D eigenvalue weighted by atomic mass is 10.4. The molecule has 0 aromatic carbocycles. The van der Waals surface area contributed by atoms with Crippen molar-refractivity contribution in [2.75, 3.05) is 39.2 Å². The van der Waals surface area contributed by atoms with Gasteiger partial charge < -0.3 is 10.1 Å². The molecular weight excluding hydrogens is 240 g/mol. The molecule has 0 unspecified atom stereocenters. The number of rotatable bonds is 8. The van der Waals surface area contributed by atoms with E-state index in [4.69, 9.17) is 4.74 Å². The Morgan fingerprint density at radius 3 is 2.89 bits per heavy atom. The summed E-state index contributed by atoms with van der Waals surface area (Å²) in [6.45, 7) is 5.38. The molecule has 1 saturated carbocycles. The summed E-state index contributed by atoms with van der Waals surface area (Å²) < 4.78 is 5.64. The zero-order valence-corrected chi connectivity index (χ0v) is 12.1. The molecule has 5 heteroatoms. The average Bonchev–Trinajstić information content (AvgIpc) is 3.18. The molecule has 0 bridgehead atoms. The molecule has 1 N–H and O–H groups in total. The fraction of sp³-hybridized carbons (Fsp3) is 0.714. The van der Waals surface area contributed by atoms with Crippen molar-refractivity contribution < 1.29 is 4.74 Å². The number of anilines is 1. The van der Waals surface area contributed by atoms with Gasteiger partial charge in [-0.25, -0.2) is 9.97 Å². The van der Waals surface area contributed by atoms with Crippen molar-refractivity contribution in [2.45, 2.75) is 26.3 Å². The zero-order valence-electron chi connectivity index (χ0n) is 12.1. The van der Waals surface area contributed by atoms with Crippen LogP contribution in [-0.2, 0) is 11.3 Å². The Balaban J connectivity index is 1.73. The summed E-state index contributed by atoms with van der Waals surface area (Å²) >= 11 is 0. The summed E-state index contributed by atoms with van der Waals surface area (Å²) in [5.74, 6) is 2.57. The Bertz CT molecular complexity index is 406. The zero-order chi connectivity index (χ0) is 13.7. The summed E-state index contributed by atoms with van der Waals surface area (Å²) in [6, 6.07) is 1.95. The minimum Gasteiger partial charge on any atom is -0.380 e. The summed E-state index contributed by atoms with van der Waals surface area (Å²) in [5.41, 5.74) is 0.993. The van der Waals surface area contributed by atoms with Gasteiger partial charge >= 0.3 is 0 Å². The van der Waals surface area contributed by atoms with Crippen molar-refractivity contribution in [1.29, 1.82) is 0 Å². The number of likely N-dealkylation sites (N-methyl/N-ethyl adjacent to an activating group) is 1. The summed E-state index contributed by atoms with van der Waals surface area (Å²) in [4.78, 5) is 11.1. The van der Waals surface area contributed by atoms with Crippen LogP contribution >= 0.6 is 0 Å². The first-order valence-electron chi connectivity index (χ1n) is 6.96. The van der Waals surface area contributed by atoms with E-state index in [1.165, 1.54) is 12.8 Å². The lowest BCUT2D eigenvalue weighted by Crippen LogP contribution is -2.24. The molecule has 5 nitrogen and oxygen atoms in total. The maximum Gasteiger partial charge on any atom is 0.144 e. The van der Waals surface area contributed by atoms with Gasteiger partial charge in [0.2, 0.25) is 0 Å². The smallest absolute Gasteiger partial charge is 0.144 e. The molecule has 2 rings (SSSR count). The lowest BCUT2D eigenvalue weighted by Gasteiger charge is -2.16. The van der Waals surface area contributed by atoms with Gasteiger partial charge in [0.1, 0.15) is 11.6 Å². The third-order valence-electron chi connectivity index (χ3n) is 3.24. The molecule has 0 amide bonds. The van der Waals surface area contributed by atoms with Gasteiger partial charge in [0, 0.05) is 32.0 Å². The van der Waals surface area contributed by atoms with E-state index >= 15 is 0 Å². The standard InChI is InChI=1S/C14H24N4O/c1-11-8-13(15-2)17-14(16-11)9-18(3)6-7-19-10-12-4-5-12/h8,12H,4-7,9-10H2,1-3H3,(H,15,16,17). The second kappa shape index (κ2) is 6.82. The number of hydrogen-bond acceptors (Lipinski definition) is 5. The molecule has 1 aromatic heterocycles. The number of hydrogen-bond donors (Lipinski definition) is 1. The Morgan fingerprint density at radius 2 is 2.21 bits per heavy atom. The minimum absolute atomic E-state index is 0.753. The Hall–Kier alpha value is -1.20. The number of aromatic nitrogens is 2. The van der Waals surface area contributed by atoms with Crippen molar-refractivity contribution in [2.24, 2.45) is 5.92 Å². The first-order chi connectivity index (χ1) is 9.17. The molecule has 0 spiro atoms. The molecule has 106 valence electrons. The average molecular weight is 264 g/mol. The number of nitrogens with zero attached hydrogens (tertiary/aromatic N) is 3. The minimum atomic E-state index is 0.753. The Morgan fingerprint density at radius 1 is 1.42 bits per heavy atom. The molecule has 1 aromatic rings. The number of aryl methyl sites for hydroxylation is 1. The van der Waals surface area contributed by atoms with Crippen LogP contribution in [0.3, 0.4) is 0 Å². The molecule has 0 atom stereocenters. The highest BCUT2D eigenvalue weighted by Gasteiger charge is 2.20. The van der Waals surface area contributed by atoms with E-state index in [1.54, 1.807) is 0 Å². The molecular formula is C14H24N4O. The van der Waals surface area contributed by atoms with Crippen LogP contribution in [0.4, 0.5) is 5.82 Å². The maximum atomic E-state index is 5.64. The van der Waals surface area contributed by atoms with Gasteiger partial charge in [0.25, 0.3) is 0 Å². The molecule has 0 aliphatic heterocycles. The van der Waals surface area contributed by atoms with Gasteiger partial charge in [-0.1, -0.05) is 0 Å². The third-order valence-corrected chi connectivity index (χ3v) is 3.24. The van der Waals surface area contributed by atoms with Crippen LogP contribution in [0.1, 0.15) is 24.4 Å². The van der Waals surface area contributed by atoms with E-state index in [9.17, 15) is 0 Å². The van der Waals surface area contributed by atoms with E-state index in [0.29, 0.717) is 0 Å². The molecule has 1 aliphatic rings. The topological polar surface area (TPSA) is 50.3 Å². The first kappa shape index (κ1) is 14.2. The van der Waals surface area contributed by atoms with Crippen LogP contribution in [0.15, 0.2) is 6.07 Å². The summed E-state index contributed by atoms with van der Waals surface area (Å²) in [6.07, 6.45) is 2.69. The lowest BCUT2D eigenvalue weighted by molar-refractivity contribution is 0.101.